The Morgan fingerprint density at radius 3 is 2.00 bits per heavy atom. The molecular formula is C18H26N2O6. The number of hydrogen-bond acceptors (Lipinski definition) is 4. The molecule has 1 saturated carbocycles. The lowest BCUT2D eigenvalue weighted by molar-refractivity contribution is -0.132. The molecule has 1 fully saturated rings. The number of carboxylic acids is 2. The largest absolute Gasteiger partial charge is 0.478 e. The second kappa shape index (κ2) is 8.64. The van der Waals surface area contributed by atoms with Gasteiger partial charge in [0.15, 0.2) is 0 Å². The Bertz CT molecular complexity index is 638. The number of carbonyl (C=O) groups excluding carboxylic acids is 2. The molecular weight excluding hydrogens is 340 g/mol. The Labute approximate surface area is 152 Å². The van der Waals surface area contributed by atoms with Gasteiger partial charge < -0.3 is 20.8 Å². The van der Waals surface area contributed by atoms with E-state index < -0.39 is 23.8 Å². The van der Waals surface area contributed by atoms with Crippen molar-refractivity contribution >= 4 is 23.8 Å². The van der Waals surface area contributed by atoms with Gasteiger partial charge in [0.25, 0.3) is 0 Å². The van der Waals surface area contributed by atoms with Gasteiger partial charge in [-0.1, -0.05) is 20.8 Å². The summed E-state index contributed by atoms with van der Waals surface area (Å²) in [5, 5.41) is 22.7. The van der Waals surface area contributed by atoms with E-state index in [1.54, 1.807) is 0 Å². The summed E-state index contributed by atoms with van der Waals surface area (Å²) in [5.74, 6) is -3.33. The molecule has 144 valence electrons. The van der Waals surface area contributed by atoms with Crippen LogP contribution in [0.1, 0.15) is 40.0 Å². The summed E-state index contributed by atoms with van der Waals surface area (Å²) in [5.41, 5.74) is -0.369. The van der Waals surface area contributed by atoms with Gasteiger partial charge in [0.05, 0.1) is 0 Å². The van der Waals surface area contributed by atoms with Gasteiger partial charge in [0, 0.05) is 36.9 Å². The molecule has 0 radical (unpaired) electrons. The highest BCUT2D eigenvalue weighted by Crippen LogP contribution is 2.45. The number of carbonyl (C=O) groups is 4. The number of amides is 2. The molecule has 26 heavy (non-hydrogen) atoms. The summed E-state index contributed by atoms with van der Waals surface area (Å²) in [4.78, 5) is 44.5. The van der Waals surface area contributed by atoms with Gasteiger partial charge in [-0.25, -0.2) is 9.59 Å². The van der Waals surface area contributed by atoms with Gasteiger partial charge in [0.2, 0.25) is 11.8 Å². The molecule has 2 amide bonds. The highest BCUT2D eigenvalue weighted by molar-refractivity contribution is 5.94. The Morgan fingerprint density at radius 2 is 1.46 bits per heavy atom. The van der Waals surface area contributed by atoms with Crippen molar-refractivity contribution < 1.29 is 29.4 Å². The Hall–Kier alpha value is -2.64. The SMILES string of the molecule is CC1(C)CC(NC(=O)/C=C/C(=O)O)CC(C)(CNC(=O)/C=C/C(=O)O)C1. The first-order valence-corrected chi connectivity index (χ1v) is 8.31. The summed E-state index contributed by atoms with van der Waals surface area (Å²) >= 11 is 0. The zero-order valence-corrected chi connectivity index (χ0v) is 15.2. The number of nitrogens with one attached hydrogen (secondary N) is 2. The highest BCUT2D eigenvalue weighted by Gasteiger charge is 2.41. The summed E-state index contributed by atoms with van der Waals surface area (Å²) in [6, 6.07) is -0.152. The molecule has 0 aliphatic heterocycles. The van der Waals surface area contributed by atoms with Crippen LogP contribution in [0.15, 0.2) is 24.3 Å². The van der Waals surface area contributed by atoms with Gasteiger partial charge in [-0.3, -0.25) is 9.59 Å². The van der Waals surface area contributed by atoms with Crippen LogP contribution in [0.25, 0.3) is 0 Å². The normalized spacial score (nSPS) is 25.1. The average Bonchev–Trinajstić information content (AvgIpc) is 2.47. The van der Waals surface area contributed by atoms with Crippen LogP contribution in [0.2, 0.25) is 0 Å². The smallest absolute Gasteiger partial charge is 0.328 e. The Morgan fingerprint density at radius 1 is 0.923 bits per heavy atom. The van der Waals surface area contributed by atoms with E-state index in [1.165, 1.54) is 0 Å². The predicted molar refractivity (Wildman–Crippen MR) is 94.2 cm³/mol. The maximum absolute atomic E-state index is 11.9. The van der Waals surface area contributed by atoms with Crippen LogP contribution in [0.4, 0.5) is 0 Å². The maximum Gasteiger partial charge on any atom is 0.328 e. The molecule has 0 heterocycles. The van der Waals surface area contributed by atoms with Crippen molar-refractivity contribution in [3.05, 3.63) is 24.3 Å². The Balaban J connectivity index is 2.72. The summed E-state index contributed by atoms with van der Waals surface area (Å²) in [6.07, 6.45) is 5.70. The van der Waals surface area contributed by atoms with E-state index >= 15 is 0 Å². The van der Waals surface area contributed by atoms with Crippen LogP contribution in [0, 0.1) is 10.8 Å². The minimum absolute atomic E-state index is 0.0803. The molecule has 1 rings (SSSR count). The van der Waals surface area contributed by atoms with Crippen molar-refractivity contribution in [3.8, 4) is 0 Å². The lowest BCUT2D eigenvalue weighted by Gasteiger charge is -2.46. The molecule has 8 heteroatoms. The van der Waals surface area contributed by atoms with E-state index in [9.17, 15) is 19.2 Å². The molecule has 0 bridgehead atoms. The molecule has 0 saturated heterocycles. The molecule has 0 spiro atoms. The van der Waals surface area contributed by atoms with E-state index in [2.05, 4.69) is 24.5 Å². The fourth-order valence-electron chi connectivity index (χ4n) is 3.77. The molecule has 0 aromatic rings. The quantitative estimate of drug-likeness (QED) is 0.499. The van der Waals surface area contributed by atoms with Crippen molar-refractivity contribution in [2.24, 2.45) is 10.8 Å². The lowest BCUT2D eigenvalue weighted by Crippen LogP contribution is -2.50. The van der Waals surface area contributed by atoms with Crippen LogP contribution >= 0.6 is 0 Å². The molecule has 2 unspecified atom stereocenters. The van der Waals surface area contributed by atoms with Gasteiger partial charge in [-0.2, -0.15) is 0 Å². The highest BCUT2D eigenvalue weighted by atomic mass is 16.4. The first-order valence-electron chi connectivity index (χ1n) is 8.31. The molecule has 0 aromatic carbocycles. The topological polar surface area (TPSA) is 133 Å². The van der Waals surface area contributed by atoms with Crippen LogP contribution in [-0.2, 0) is 19.2 Å². The van der Waals surface area contributed by atoms with E-state index in [-0.39, 0.29) is 16.9 Å². The fraction of sp³-hybridized carbons (Fsp3) is 0.556. The third-order valence-corrected chi connectivity index (χ3v) is 4.23. The third kappa shape index (κ3) is 7.96. The van der Waals surface area contributed by atoms with Crippen LogP contribution < -0.4 is 10.6 Å². The van der Waals surface area contributed by atoms with Gasteiger partial charge >= 0.3 is 11.9 Å². The van der Waals surface area contributed by atoms with Crippen LogP contribution in [0.3, 0.4) is 0 Å². The lowest BCUT2D eigenvalue weighted by atomic mass is 9.62. The van der Waals surface area contributed by atoms with Crippen molar-refractivity contribution in [3.63, 3.8) is 0 Å². The van der Waals surface area contributed by atoms with E-state index in [1.807, 2.05) is 6.92 Å². The molecule has 2 atom stereocenters. The molecule has 1 aliphatic rings. The van der Waals surface area contributed by atoms with E-state index in [4.69, 9.17) is 10.2 Å². The second-order valence-electron chi connectivity index (χ2n) is 7.83. The number of hydrogen-bond donors (Lipinski definition) is 4. The van der Waals surface area contributed by atoms with E-state index in [0.29, 0.717) is 13.0 Å². The van der Waals surface area contributed by atoms with Crippen molar-refractivity contribution in [1.82, 2.24) is 10.6 Å². The molecule has 4 N–H and O–H groups in total. The average molecular weight is 366 g/mol. The summed E-state index contributed by atoms with van der Waals surface area (Å²) in [6.45, 7) is 6.49. The minimum atomic E-state index is -1.19. The minimum Gasteiger partial charge on any atom is -0.478 e. The van der Waals surface area contributed by atoms with E-state index in [0.717, 1.165) is 37.1 Å². The Kier molecular flexibility index (Phi) is 7.11. The third-order valence-electron chi connectivity index (χ3n) is 4.23. The molecule has 0 aromatic heterocycles. The van der Waals surface area contributed by atoms with Crippen molar-refractivity contribution in [2.45, 2.75) is 46.1 Å². The molecule has 8 nitrogen and oxygen atoms in total. The monoisotopic (exact) mass is 366 g/mol. The fourth-order valence-corrected chi connectivity index (χ4v) is 3.77. The van der Waals surface area contributed by atoms with Gasteiger partial charge in [-0.15, -0.1) is 0 Å². The number of carboxylic acid groups (broad SMARTS) is 2. The van der Waals surface area contributed by atoms with Crippen molar-refractivity contribution in [2.75, 3.05) is 6.54 Å². The standard InChI is InChI=1S/C18H26N2O6/c1-17(2)8-12(20-14(22)5-7-16(25)26)9-18(3,10-17)11-19-13(21)4-6-15(23)24/h4-7,12H,8-11H2,1-3H3,(H,19,21)(H,20,22)(H,23,24)(H,25,26)/b6-4+,7-5+. The number of rotatable bonds is 7. The van der Waals surface area contributed by atoms with Crippen molar-refractivity contribution in [1.29, 1.82) is 0 Å². The molecule has 1 aliphatic carbocycles. The van der Waals surface area contributed by atoms with Gasteiger partial charge in [0.1, 0.15) is 0 Å². The first-order chi connectivity index (χ1) is 11.9. The van der Waals surface area contributed by atoms with Crippen LogP contribution in [-0.4, -0.2) is 46.6 Å². The maximum atomic E-state index is 11.9. The van der Waals surface area contributed by atoms with Crippen LogP contribution in [0.5, 0.6) is 0 Å². The summed E-state index contributed by atoms with van der Waals surface area (Å²) < 4.78 is 0. The second-order valence-corrected chi connectivity index (χ2v) is 7.83. The summed E-state index contributed by atoms with van der Waals surface area (Å²) in [7, 11) is 0. The zero-order valence-electron chi connectivity index (χ0n) is 15.2. The zero-order chi connectivity index (χ0) is 20.0. The van der Waals surface area contributed by atoms with Gasteiger partial charge in [-0.05, 0) is 30.1 Å². The first kappa shape index (κ1) is 21.4. The predicted octanol–water partition coefficient (Wildman–Crippen LogP) is 1.09. The number of aliphatic carboxylic acids is 2.